The Bertz CT molecular complexity index is 441. The molecule has 0 amide bonds. The highest BCUT2D eigenvalue weighted by molar-refractivity contribution is 5.27. The molecule has 0 aliphatic heterocycles. The van der Waals surface area contributed by atoms with E-state index in [1.54, 1.807) is 12.7 Å². The van der Waals surface area contributed by atoms with Gasteiger partial charge in [0.15, 0.2) is 0 Å². The van der Waals surface area contributed by atoms with E-state index < -0.39 is 0 Å². The third-order valence-electron chi connectivity index (χ3n) is 2.55. The van der Waals surface area contributed by atoms with Crippen LogP contribution in [0.5, 0.6) is 0 Å². The number of rotatable bonds is 3. The fourth-order valence-electron chi connectivity index (χ4n) is 1.88. The van der Waals surface area contributed by atoms with Gasteiger partial charge in [-0.05, 0) is 38.4 Å². The maximum Gasteiger partial charge on any atom is 0.139 e. The Kier molecular flexibility index (Phi) is 2.55. The Balaban J connectivity index is 2.48. The summed E-state index contributed by atoms with van der Waals surface area (Å²) in [7, 11) is 0. The summed E-state index contributed by atoms with van der Waals surface area (Å²) in [4.78, 5) is 0. The SMILES string of the molecule is Cc1cc(CCN)c(C)n1-n1cnnc1. The monoisotopic (exact) mass is 205 g/mol. The first-order chi connectivity index (χ1) is 7.24. The molecule has 80 valence electrons. The van der Waals surface area contributed by atoms with E-state index in [1.165, 1.54) is 11.3 Å². The van der Waals surface area contributed by atoms with Crippen molar-refractivity contribution < 1.29 is 0 Å². The number of nitrogens with zero attached hydrogens (tertiary/aromatic N) is 4. The lowest BCUT2D eigenvalue weighted by Crippen LogP contribution is -2.11. The number of hydrogen-bond acceptors (Lipinski definition) is 3. The standard InChI is InChI=1S/C10H15N5/c1-8-5-10(3-4-11)9(2)15(8)14-6-12-13-7-14/h5-7H,3-4,11H2,1-2H3. The Labute approximate surface area is 88.5 Å². The van der Waals surface area contributed by atoms with Crippen LogP contribution in [0.4, 0.5) is 0 Å². The Hall–Kier alpha value is -1.62. The van der Waals surface area contributed by atoms with Crippen LogP contribution in [-0.2, 0) is 6.42 Å². The first-order valence-electron chi connectivity index (χ1n) is 4.97. The van der Waals surface area contributed by atoms with E-state index in [9.17, 15) is 0 Å². The van der Waals surface area contributed by atoms with Gasteiger partial charge in [0.2, 0.25) is 0 Å². The van der Waals surface area contributed by atoms with Crippen molar-refractivity contribution in [3.8, 4) is 0 Å². The van der Waals surface area contributed by atoms with Crippen molar-refractivity contribution in [3.63, 3.8) is 0 Å². The molecule has 0 fully saturated rings. The summed E-state index contributed by atoms with van der Waals surface area (Å²) in [5.41, 5.74) is 9.20. The van der Waals surface area contributed by atoms with Crippen LogP contribution < -0.4 is 5.73 Å². The zero-order valence-corrected chi connectivity index (χ0v) is 9.01. The Morgan fingerprint density at radius 2 is 1.93 bits per heavy atom. The van der Waals surface area contributed by atoms with Gasteiger partial charge in [0.05, 0.1) is 0 Å². The second-order valence-corrected chi connectivity index (χ2v) is 3.59. The van der Waals surface area contributed by atoms with Crippen molar-refractivity contribution in [1.29, 1.82) is 0 Å². The third kappa shape index (κ3) is 1.66. The van der Waals surface area contributed by atoms with Crippen LogP contribution in [0.3, 0.4) is 0 Å². The number of nitrogens with two attached hydrogens (primary N) is 1. The minimum Gasteiger partial charge on any atom is -0.330 e. The Morgan fingerprint density at radius 1 is 1.27 bits per heavy atom. The largest absolute Gasteiger partial charge is 0.330 e. The summed E-state index contributed by atoms with van der Waals surface area (Å²) in [6.07, 6.45) is 4.28. The molecule has 0 unspecified atom stereocenters. The molecule has 2 N–H and O–H groups in total. The van der Waals surface area contributed by atoms with Crippen LogP contribution in [0.1, 0.15) is 17.0 Å². The molecule has 0 aliphatic rings. The summed E-state index contributed by atoms with van der Waals surface area (Å²) in [5, 5.41) is 7.61. The van der Waals surface area contributed by atoms with Gasteiger partial charge in [-0.15, -0.1) is 10.2 Å². The lowest BCUT2D eigenvalue weighted by Gasteiger charge is -2.08. The Morgan fingerprint density at radius 3 is 2.53 bits per heavy atom. The minimum atomic E-state index is 0.673. The number of hydrogen-bond donors (Lipinski definition) is 1. The lowest BCUT2D eigenvalue weighted by atomic mass is 10.2. The zero-order valence-electron chi connectivity index (χ0n) is 9.01. The first kappa shape index (κ1) is 9.92. The smallest absolute Gasteiger partial charge is 0.139 e. The molecular weight excluding hydrogens is 190 g/mol. The van der Waals surface area contributed by atoms with E-state index in [4.69, 9.17) is 5.73 Å². The first-order valence-corrected chi connectivity index (χ1v) is 4.97. The van der Waals surface area contributed by atoms with Crippen molar-refractivity contribution in [2.24, 2.45) is 5.73 Å². The van der Waals surface area contributed by atoms with Crippen LogP contribution in [0.2, 0.25) is 0 Å². The third-order valence-corrected chi connectivity index (χ3v) is 2.55. The molecular formula is C10H15N5. The molecule has 2 aromatic rings. The molecule has 0 spiro atoms. The summed E-state index contributed by atoms with van der Waals surface area (Å²) in [5.74, 6) is 0. The molecule has 2 heterocycles. The molecule has 0 saturated carbocycles. The predicted molar refractivity (Wildman–Crippen MR) is 57.5 cm³/mol. The van der Waals surface area contributed by atoms with Crippen molar-refractivity contribution in [3.05, 3.63) is 35.7 Å². The van der Waals surface area contributed by atoms with E-state index in [0.29, 0.717) is 6.54 Å². The maximum atomic E-state index is 5.57. The van der Waals surface area contributed by atoms with Gasteiger partial charge in [-0.2, -0.15) is 0 Å². The van der Waals surface area contributed by atoms with Crippen LogP contribution in [0, 0.1) is 13.8 Å². The van der Waals surface area contributed by atoms with E-state index >= 15 is 0 Å². The molecule has 0 aliphatic carbocycles. The van der Waals surface area contributed by atoms with Crippen LogP contribution in [-0.4, -0.2) is 26.1 Å². The van der Waals surface area contributed by atoms with Gasteiger partial charge < -0.3 is 5.73 Å². The van der Waals surface area contributed by atoms with Gasteiger partial charge >= 0.3 is 0 Å². The summed E-state index contributed by atoms with van der Waals surface area (Å²) < 4.78 is 3.94. The average Bonchev–Trinajstić information content (AvgIpc) is 2.77. The number of aryl methyl sites for hydroxylation is 1. The van der Waals surface area contributed by atoms with E-state index in [2.05, 4.69) is 34.8 Å². The van der Waals surface area contributed by atoms with Crippen molar-refractivity contribution in [1.82, 2.24) is 19.5 Å². The summed E-state index contributed by atoms with van der Waals surface area (Å²) in [6, 6.07) is 2.15. The normalized spacial score (nSPS) is 10.9. The fourth-order valence-corrected chi connectivity index (χ4v) is 1.88. The second-order valence-electron chi connectivity index (χ2n) is 3.59. The minimum absolute atomic E-state index is 0.673. The van der Waals surface area contributed by atoms with E-state index in [-0.39, 0.29) is 0 Å². The fraction of sp³-hybridized carbons (Fsp3) is 0.400. The van der Waals surface area contributed by atoms with Gasteiger partial charge in [0, 0.05) is 11.4 Å². The molecule has 15 heavy (non-hydrogen) atoms. The molecule has 0 radical (unpaired) electrons. The van der Waals surface area contributed by atoms with Crippen molar-refractivity contribution in [2.45, 2.75) is 20.3 Å². The van der Waals surface area contributed by atoms with Crippen molar-refractivity contribution >= 4 is 0 Å². The topological polar surface area (TPSA) is 61.7 Å². The van der Waals surface area contributed by atoms with Gasteiger partial charge in [0.25, 0.3) is 0 Å². The average molecular weight is 205 g/mol. The van der Waals surface area contributed by atoms with Crippen LogP contribution >= 0.6 is 0 Å². The highest BCUT2D eigenvalue weighted by atomic mass is 15.5. The van der Waals surface area contributed by atoms with Crippen molar-refractivity contribution in [2.75, 3.05) is 6.54 Å². The molecule has 0 saturated heterocycles. The zero-order chi connectivity index (χ0) is 10.8. The van der Waals surface area contributed by atoms with Crippen LogP contribution in [0.15, 0.2) is 18.7 Å². The number of aromatic nitrogens is 4. The summed E-state index contributed by atoms with van der Waals surface area (Å²) >= 11 is 0. The molecule has 0 aromatic carbocycles. The maximum absolute atomic E-state index is 5.57. The summed E-state index contributed by atoms with van der Waals surface area (Å²) in [6.45, 7) is 4.82. The molecule has 0 atom stereocenters. The molecule has 5 heteroatoms. The van der Waals surface area contributed by atoms with Crippen LogP contribution in [0.25, 0.3) is 0 Å². The van der Waals surface area contributed by atoms with Gasteiger partial charge in [-0.3, -0.25) is 4.68 Å². The van der Waals surface area contributed by atoms with E-state index in [0.717, 1.165) is 12.1 Å². The molecule has 2 aromatic heterocycles. The molecule has 5 nitrogen and oxygen atoms in total. The van der Waals surface area contributed by atoms with E-state index in [1.807, 2.05) is 4.68 Å². The molecule has 2 rings (SSSR count). The quantitative estimate of drug-likeness (QED) is 0.794. The van der Waals surface area contributed by atoms with Gasteiger partial charge in [-0.1, -0.05) is 0 Å². The second kappa shape index (κ2) is 3.86. The highest BCUT2D eigenvalue weighted by Gasteiger charge is 2.09. The van der Waals surface area contributed by atoms with Gasteiger partial charge in [-0.25, -0.2) is 4.68 Å². The molecule has 0 bridgehead atoms. The predicted octanol–water partition coefficient (Wildman–Crippen LogP) is 0.509. The lowest BCUT2D eigenvalue weighted by molar-refractivity contribution is 0.619. The highest BCUT2D eigenvalue weighted by Crippen LogP contribution is 2.15. The van der Waals surface area contributed by atoms with Gasteiger partial charge in [0.1, 0.15) is 12.7 Å².